The van der Waals surface area contributed by atoms with E-state index < -0.39 is 0 Å². The maximum atomic E-state index is 2.73. The van der Waals surface area contributed by atoms with Crippen molar-refractivity contribution in [1.29, 1.82) is 0 Å². The van der Waals surface area contributed by atoms with Gasteiger partial charge in [-0.25, -0.2) is 0 Å². The van der Waals surface area contributed by atoms with Gasteiger partial charge >= 0.3 is 0 Å². The molecular weight excluding hydrogens is 917 g/mol. The van der Waals surface area contributed by atoms with Crippen LogP contribution in [0.25, 0.3) is 98.4 Å². The molecule has 0 unspecified atom stereocenters. The van der Waals surface area contributed by atoms with E-state index in [1.165, 1.54) is 169 Å². The molecule has 0 radical (unpaired) electrons. The molecule has 4 heterocycles. The van der Waals surface area contributed by atoms with Crippen LogP contribution in [0.3, 0.4) is 0 Å². The van der Waals surface area contributed by atoms with E-state index in [1.807, 2.05) is 0 Å². The molecular formula is C74H84N2. The van der Waals surface area contributed by atoms with E-state index in [-0.39, 0.29) is 43.3 Å². The summed E-state index contributed by atoms with van der Waals surface area (Å²) in [7, 11) is 0. The van der Waals surface area contributed by atoms with Crippen molar-refractivity contribution in [2.24, 2.45) is 0 Å². The summed E-state index contributed by atoms with van der Waals surface area (Å²) in [4.78, 5) is 0. The van der Waals surface area contributed by atoms with Crippen LogP contribution in [0.4, 0.5) is 0 Å². The molecule has 76 heavy (non-hydrogen) atoms. The van der Waals surface area contributed by atoms with Crippen LogP contribution in [-0.4, -0.2) is 8.80 Å². The molecule has 390 valence electrons. The summed E-state index contributed by atoms with van der Waals surface area (Å²) in [5.41, 5.74) is 25.1. The molecule has 0 atom stereocenters. The first-order valence-electron chi connectivity index (χ1n) is 29.0. The highest BCUT2D eigenvalue weighted by molar-refractivity contribution is 6.45. The molecule has 0 bridgehead atoms. The van der Waals surface area contributed by atoms with E-state index >= 15 is 0 Å². The molecule has 0 amide bonds. The molecule has 0 saturated heterocycles. The Hall–Kier alpha value is -5.86. The van der Waals surface area contributed by atoms with Crippen molar-refractivity contribution in [3.8, 4) is 22.3 Å². The minimum atomic E-state index is 0.0112. The number of hydrogen-bond donors (Lipinski definition) is 0. The zero-order chi connectivity index (χ0) is 54.3. The smallest absolute Gasteiger partial charge is 0.0634 e. The monoisotopic (exact) mass is 1000 g/mol. The second-order valence-electron chi connectivity index (χ2n) is 31.3. The Morgan fingerprint density at radius 1 is 0.289 bits per heavy atom. The largest absolute Gasteiger partial charge is 0.308 e. The van der Waals surface area contributed by atoms with Crippen molar-refractivity contribution in [2.75, 3.05) is 0 Å². The zero-order valence-electron chi connectivity index (χ0n) is 50.0. The number of fused-ring (bicyclic) bond motifs is 16. The Morgan fingerprint density at radius 3 is 0.829 bits per heavy atom. The van der Waals surface area contributed by atoms with Crippen LogP contribution in [0, 0.1) is 0 Å². The Labute approximate surface area is 453 Å². The number of nitrogens with zero attached hydrogens (tertiary/aromatic N) is 2. The summed E-state index contributed by atoms with van der Waals surface area (Å²) < 4.78 is 5.47. The fourth-order valence-corrected chi connectivity index (χ4v) is 14.5. The highest BCUT2D eigenvalue weighted by Crippen LogP contribution is 2.57. The summed E-state index contributed by atoms with van der Waals surface area (Å²) >= 11 is 0. The molecule has 2 nitrogen and oxygen atoms in total. The summed E-state index contributed by atoms with van der Waals surface area (Å²) in [6, 6.07) is 40.6. The first-order chi connectivity index (χ1) is 35.2. The van der Waals surface area contributed by atoms with Crippen molar-refractivity contribution < 1.29 is 0 Å². The molecule has 2 aliphatic carbocycles. The molecule has 0 saturated carbocycles. The molecule has 2 heteroatoms. The van der Waals surface area contributed by atoms with Gasteiger partial charge < -0.3 is 8.80 Å². The van der Waals surface area contributed by atoms with Crippen LogP contribution < -0.4 is 0 Å². The molecule has 7 aromatic carbocycles. The average Bonchev–Trinajstić information content (AvgIpc) is 4.07. The number of hydrogen-bond acceptors (Lipinski definition) is 0. The number of rotatable bonds is 2. The second kappa shape index (κ2) is 15.0. The van der Waals surface area contributed by atoms with Crippen LogP contribution in [0.5, 0.6) is 0 Å². The van der Waals surface area contributed by atoms with Gasteiger partial charge in [-0.2, -0.15) is 0 Å². The Bertz CT molecular complexity index is 3950. The first-order valence-corrected chi connectivity index (χ1v) is 29.0. The lowest BCUT2D eigenvalue weighted by molar-refractivity contribution is 0.332. The van der Waals surface area contributed by atoms with Crippen LogP contribution in [-0.2, 0) is 43.3 Å². The topological polar surface area (TPSA) is 8.82 Å². The van der Waals surface area contributed by atoms with Gasteiger partial charge in [0.1, 0.15) is 0 Å². The maximum Gasteiger partial charge on any atom is 0.0634 e. The van der Waals surface area contributed by atoms with Gasteiger partial charge in [-0.3, -0.25) is 0 Å². The van der Waals surface area contributed by atoms with Crippen LogP contribution >= 0.6 is 0 Å². The molecule has 0 N–H and O–H groups in total. The van der Waals surface area contributed by atoms with Gasteiger partial charge in [0.05, 0.1) is 33.1 Å². The van der Waals surface area contributed by atoms with Gasteiger partial charge in [0, 0.05) is 43.1 Å². The van der Waals surface area contributed by atoms with E-state index in [0.717, 1.165) is 0 Å². The lowest BCUT2D eigenvalue weighted by atomic mass is 9.63. The Kier molecular flexibility index (Phi) is 9.83. The highest BCUT2D eigenvalue weighted by Gasteiger charge is 2.41. The minimum Gasteiger partial charge on any atom is -0.308 e. The van der Waals surface area contributed by atoms with Gasteiger partial charge in [-0.05, 0) is 184 Å². The standard InChI is InChI=1S/C74H84N2/c1-67(2,3)45-29-43(30-46(35-45)68(4,5)6)41-21-23-57-49(33-41)61-63-51-37-53-56(74(19,20)28-25-71(53,13)14)40-60(51)76-58-24-22-42(44-31-47(69(7,8)9)36-48(32-44)70(10,11)12)34-50(58)62(66(63)76)64-52-38-54-55(39-59(52)75(57)65(61)64)73(17,18)27-26-72(54,15)16/h21-24,29-40H,25-28H2,1-20H3. The maximum absolute atomic E-state index is 2.73. The molecule has 0 fully saturated rings. The van der Waals surface area contributed by atoms with Crippen molar-refractivity contribution in [2.45, 2.75) is 207 Å². The lowest BCUT2D eigenvalue weighted by Crippen LogP contribution is -2.33. The number of benzene rings is 7. The molecule has 11 aromatic rings. The van der Waals surface area contributed by atoms with Gasteiger partial charge in [-0.1, -0.05) is 187 Å². The van der Waals surface area contributed by atoms with Gasteiger partial charge in [0.25, 0.3) is 0 Å². The highest BCUT2D eigenvalue weighted by atomic mass is 14.9. The Balaban J connectivity index is 1.27. The normalized spacial score (nSPS) is 17.9. The summed E-state index contributed by atoms with van der Waals surface area (Å²) in [6.07, 6.45) is 4.72. The minimum absolute atomic E-state index is 0.0112. The van der Waals surface area contributed by atoms with E-state index in [9.17, 15) is 0 Å². The lowest BCUT2D eigenvalue weighted by Gasteiger charge is -2.42. The quantitative estimate of drug-likeness (QED) is 0.163. The van der Waals surface area contributed by atoms with E-state index in [4.69, 9.17) is 0 Å². The number of aromatic nitrogens is 2. The van der Waals surface area contributed by atoms with E-state index in [2.05, 4.69) is 244 Å². The summed E-state index contributed by atoms with van der Waals surface area (Å²) in [5, 5.41) is 11.1. The average molecular weight is 1000 g/mol. The summed E-state index contributed by atoms with van der Waals surface area (Å²) in [6.45, 7) is 48.3. The molecule has 4 aromatic heterocycles. The van der Waals surface area contributed by atoms with Gasteiger partial charge in [0.2, 0.25) is 0 Å². The van der Waals surface area contributed by atoms with Crippen LogP contribution in [0.15, 0.2) is 97.1 Å². The zero-order valence-corrected chi connectivity index (χ0v) is 50.0. The third-order valence-electron chi connectivity index (χ3n) is 19.9. The van der Waals surface area contributed by atoms with Crippen LogP contribution in [0.2, 0.25) is 0 Å². The second-order valence-corrected chi connectivity index (χ2v) is 31.3. The third-order valence-corrected chi connectivity index (χ3v) is 19.9. The third kappa shape index (κ3) is 6.96. The fraction of sp³-hybridized carbons (Fsp3) is 0.432. The van der Waals surface area contributed by atoms with Crippen molar-refractivity contribution in [3.63, 3.8) is 0 Å². The predicted octanol–water partition coefficient (Wildman–Crippen LogP) is 21.2. The summed E-state index contributed by atoms with van der Waals surface area (Å²) in [5.74, 6) is 0. The molecule has 2 aliphatic rings. The van der Waals surface area contributed by atoms with Crippen molar-refractivity contribution >= 4 is 76.2 Å². The fourth-order valence-electron chi connectivity index (χ4n) is 14.5. The van der Waals surface area contributed by atoms with E-state index in [1.54, 1.807) is 0 Å². The molecule has 0 aliphatic heterocycles. The molecule has 13 rings (SSSR count). The van der Waals surface area contributed by atoms with E-state index in [0.29, 0.717) is 0 Å². The van der Waals surface area contributed by atoms with Crippen molar-refractivity contribution in [1.82, 2.24) is 8.80 Å². The SMILES string of the molecule is CC(C)(C)c1cc(-c2ccc3c(c2)c2c4c5cc6c(cc5n5c7ccc(-c8cc(C(C)(C)C)cc(C(C)(C)C)c8)cc7c(c7c8cc9c(cc8n3c27)C(C)(C)CCC9(C)C)c45)C(C)(C)CCC6(C)C)cc(C(C)(C)C)c1. The van der Waals surface area contributed by atoms with Crippen LogP contribution in [0.1, 0.15) is 209 Å². The predicted molar refractivity (Wildman–Crippen MR) is 332 cm³/mol. The van der Waals surface area contributed by atoms with Gasteiger partial charge in [0.15, 0.2) is 0 Å². The Morgan fingerprint density at radius 2 is 0.553 bits per heavy atom. The van der Waals surface area contributed by atoms with Crippen molar-refractivity contribution in [3.05, 3.63) is 142 Å². The first kappa shape index (κ1) is 49.7. The van der Waals surface area contributed by atoms with Gasteiger partial charge in [-0.15, -0.1) is 0 Å². The molecule has 0 spiro atoms.